The lowest BCUT2D eigenvalue weighted by Gasteiger charge is -2.32. The van der Waals surface area contributed by atoms with Crippen LogP contribution in [0.5, 0.6) is 0 Å². The molecule has 0 amide bonds. The summed E-state index contributed by atoms with van der Waals surface area (Å²) in [6.07, 6.45) is 6.71. The van der Waals surface area contributed by atoms with Crippen LogP contribution in [0.2, 0.25) is 0 Å². The molecule has 2 N–H and O–H groups in total. The molecule has 3 rings (SSSR count). The normalized spacial score (nSPS) is 22.6. The number of anilines is 1. The fourth-order valence-electron chi connectivity index (χ4n) is 3.26. The molecule has 0 spiro atoms. The zero-order chi connectivity index (χ0) is 13.2. The molecule has 1 aromatic carbocycles. The van der Waals surface area contributed by atoms with Gasteiger partial charge in [0.25, 0.3) is 0 Å². The number of hydrogen-bond acceptors (Lipinski definition) is 2. The number of aliphatic carboxylic acids is 1. The van der Waals surface area contributed by atoms with Gasteiger partial charge >= 0.3 is 5.97 Å². The summed E-state index contributed by atoms with van der Waals surface area (Å²) in [5.74, 6) is -0.783. The third kappa shape index (κ3) is 2.25. The number of fused-ring (bicyclic) bond motifs is 2. The molecule has 1 unspecified atom stereocenters. The standard InChI is InChI=1S/C16H19NO2/c18-16(19)15-11-7-3-1-2-4-9-13(11)17-14-10-6-5-8-12(14)15/h5-6,8,10,13,17H,1-4,7,9H2,(H,18,19). The second-order valence-corrected chi connectivity index (χ2v) is 5.40. The van der Waals surface area contributed by atoms with Crippen LogP contribution >= 0.6 is 0 Å². The van der Waals surface area contributed by atoms with Crippen LogP contribution in [0.25, 0.3) is 5.57 Å². The Morgan fingerprint density at radius 2 is 1.95 bits per heavy atom. The number of benzene rings is 1. The van der Waals surface area contributed by atoms with Crippen molar-refractivity contribution >= 4 is 17.2 Å². The number of para-hydroxylation sites is 1. The molecule has 1 fully saturated rings. The van der Waals surface area contributed by atoms with E-state index in [0.29, 0.717) is 5.57 Å². The van der Waals surface area contributed by atoms with Gasteiger partial charge in [0, 0.05) is 17.3 Å². The Kier molecular flexibility index (Phi) is 3.28. The van der Waals surface area contributed by atoms with Crippen molar-refractivity contribution in [3.63, 3.8) is 0 Å². The molecule has 19 heavy (non-hydrogen) atoms. The zero-order valence-corrected chi connectivity index (χ0v) is 11.0. The van der Waals surface area contributed by atoms with Gasteiger partial charge in [0.05, 0.1) is 5.57 Å². The minimum Gasteiger partial charge on any atom is -0.478 e. The smallest absolute Gasteiger partial charge is 0.336 e. The van der Waals surface area contributed by atoms with E-state index in [2.05, 4.69) is 5.32 Å². The largest absolute Gasteiger partial charge is 0.478 e. The Hall–Kier alpha value is -1.77. The van der Waals surface area contributed by atoms with E-state index in [9.17, 15) is 9.90 Å². The molecule has 1 aliphatic heterocycles. The molecule has 2 aliphatic rings. The predicted molar refractivity (Wildman–Crippen MR) is 76.1 cm³/mol. The highest BCUT2D eigenvalue weighted by Crippen LogP contribution is 2.38. The molecule has 1 heterocycles. The molecule has 1 saturated carbocycles. The minimum atomic E-state index is -0.783. The van der Waals surface area contributed by atoms with Gasteiger partial charge in [-0.15, -0.1) is 0 Å². The number of carboxylic acids is 1. The van der Waals surface area contributed by atoms with Gasteiger partial charge in [0.15, 0.2) is 0 Å². The first-order valence-electron chi connectivity index (χ1n) is 7.09. The third-order valence-electron chi connectivity index (χ3n) is 4.17. The van der Waals surface area contributed by atoms with Gasteiger partial charge in [-0.25, -0.2) is 4.79 Å². The van der Waals surface area contributed by atoms with Crippen molar-refractivity contribution in [3.8, 4) is 0 Å². The fourth-order valence-corrected chi connectivity index (χ4v) is 3.26. The van der Waals surface area contributed by atoms with Gasteiger partial charge in [-0.3, -0.25) is 0 Å². The van der Waals surface area contributed by atoms with Crippen LogP contribution < -0.4 is 5.32 Å². The topological polar surface area (TPSA) is 49.3 Å². The van der Waals surface area contributed by atoms with E-state index in [0.717, 1.165) is 36.1 Å². The van der Waals surface area contributed by atoms with Crippen LogP contribution in [0.1, 0.15) is 44.1 Å². The molecular weight excluding hydrogens is 238 g/mol. The number of rotatable bonds is 1. The van der Waals surface area contributed by atoms with Crippen LogP contribution in [-0.4, -0.2) is 17.1 Å². The van der Waals surface area contributed by atoms with Crippen LogP contribution in [0.3, 0.4) is 0 Å². The summed E-state index contributed by atoms with van der Waals surface area (Å²) in [4.78, 5) is 11.7. The SMILES string of the molecule is O=C(O)C1=C2CCCCCCC2Nc2ccccc21. The molecule has 3 heteroatoms. The molecule has 0 radical (unpaired) electrons. The summed E-state index contributed by atoms with van der Waals surface area (Å²) in [5.41, 5.74) is 3.46. The van der Waals surface area contributed by atoms with Crippen LogP contribution in [-0.2, 0) is 4.79 Å². The maximum absolute atomic E-state index is 11.7. The summed E-state index contributed by atoms with van der Waals surface area (Å²) in [7, 11) is 0. The van der Waals surface area contributed by atoms with Crippen LogP contribution in [0.4, 0.5) is 5.69 Å². The second-order valence-electron chi connectivity index (χ2n) is 5.40. The lowest BCUT2D eigenvalue weighted by atomic mass is 9.83. The van der Waals surface area contributed by atoms with Gasteiger partial charge < -0.3 is 10.4 Å². The average Bonchev–Trinajstić information content (AvgIpc) is 2.38. The van der Waals surface area contributed by atoms with E-state index in [1.165, 1.54) is 19.3 Å². The Bertz CT molecular complexity index is 533. The van der Waals surface area contributed by atoms with E-state index >= 15 is 0 Å². The minimum absolute atomic E-state index is 0.210. The molecule has 0 saturated heterocycles. The number of hydrogen-bond donors (Lipinski definition) is 2. The van der Waals surface area contributed by atoms with Gasteiger partial charge in [-0.1, -0.05) is 37.5 Å². The van der Waals surface area contributed by atoms with E-state index in [4.69, 9.17) is 0 Å². The highest BCUT2D eigenvalue weighted by Gasteiger charge is 2.30. The molecule has 0 aromatic heterocycles. The lowest BCUT2D eigenvalue weighted by Crippen LogP contribution is -2.30. The van der Waals surface area contributed by atoms with E-state index in [1.54, 1.807) is 0 Å². The summed E-state index contributed by atoms with van der Waals surface area (Å²) in [5, 5.41) is 13.1. The number of carbonyl (C=O) groups is 1. The van der Waals surface area contributed by atoms with E-state index in [1.807, 2.05) is 24.3 Å². The highest BCUT2D eigenvalue weighted by atomic mass is 16.4. The molecule has 0 bridgehead atoms. The number of carboxylic acid groups (broad SMARTS) is 1. The Balaban J connectivity index is 2.11. The molecule has 100 valence electrons. The maximum Gasteiger partial charge on any atom is 0.336 e. The Labute approximate surface area is 113 Å². The molecule has 1 atom stereocenters. The second kappa shape index (κ2) is 5.08. The van der Waals surface area contributed by atoms with Crippen molar-refractivity contribution in [1.29, 1.82) is 0 Å². The first kappa shape index (κ1) is 12.3. The Morgan fingerprint density at radius 1 is 1.16 bits per heavy atom. The average molecular weight is 257 g/mol. The van der Waals surface area contributed by atoms with Gasteiger partial charge in [-0.2, -0.15) is 0 Å². The van der Waals surface area contributed by atoms with Crippen molar-refractivity contribution in [3.05, 3.63) is 35.4 Å². The monoisotopic (exact) mass is 257 g/mol. The van der Waals surface area contributed by atoms with Crippen molar-refractivity contribution in [1.82, 2.24) is 0 Å². The zero-order valence-electron chi connectivity index (χ0n) is 11.0. The van der Waals surface area contributed by atoms with E-state index in [-0.39, 0.29) is 6.04 Å². The van der Waals surface area contributed by atoms with Crippen molar-refractivity contribution in [2.45, 2.75) is 44.6 Å². The quantitative estimate of drug-likeness (QED) is 0.807. The molecule has 1 aromatic rings. The summed E-state index contributed by atoms with van der Waals surface area (Å²) in [6, 6.07) is 7.97. The molecule has 1 aliphatic carbocycles. The predicted octanol–water partition coefficient (Wildman–Crippen LogP) is 3.67. The van der Waals surface area contributed by atoms with Gasteiger partial charge in [0.2, 0.25) is 0 Å². The third-order valence-corrected chi connectivity index (χ3v) is 4.17. The highest BCUT2D eigenvalue weighted by molar-refractivity contribution is 6.19. The van der Waals surface area contributed by atoms with Crippen LogP contribution in [0, 0.1) is 0 Å². The van der Waals surface area contributed by atoms with Gasteiger partial charge in [0.1, 0.15) is 0 Å². The van der Waals surface area contributed by atoms with Crippen molar-refractivity contribution in [2.75, 3.05) is 5.32 Å². The van der Waals surface area contributed by atoms with Crippen molar-refractivity contribution < 1.29 is 9.90 Å². The molecular formula is C16H19NO2. The molecule has 3 nitrogen and oxygen atoms in total. The fraction of sp³-hybridized carbons (Fsp3) is 0.438. The first-order chi connectivity index (χ1) is 9.27. The Morgan fingerprint density at radius 3 is 2.79 bits per heavy atom. The lowest BCUT2D eigenvalue weighted by molar-refractivity contribution is -0.130. The van der Waals surface area contributed by atoms with Gasteiger partial charge in [-0.05, 0) is 30.9 Å². The maximum atomic E-state index is 11.7. The summed E-state index contributed by atoms with van der Waals surface area (Å²) >= 11 is 0. The summed E-state index contributed by atoms with van der Waals surface area (Å²) < 4.78 is 0. The van der Waals surface area contributed by atoms with E-state index < -0.39 is 5.97 Å². The number of nitrogens with one attached hydrogen (secondary N) is 1. The van der Waals surface area contributed by atoms with Crippen LogP contribution in [0.15, 0.2) is 29.8 Å². The van der Waals surface area contributed by atoms with Crippen molar-refractivity contribution in [2.24, 2.45) is 0 Å². The summed E-state index contributed by atoms with van der Waals surface area (Å²) in [6.45, 7) is 0. The first-order valence-corrected chi connectivity index (χ1v) is 7.09.